The van der Waals surface area contributed by atoms with Crippen molar-refractivity contribution in [3.63, 3.8) is 0 Å². The van der Waals surface area contributed by atoms with Crippen LogP contribution in [0.3, 0.4) is 0 Å². The number of halogens is 1. The largest absolute Gasteiger partial charge is 0.481 e. The molecule has 0 amide bonds. The van der Waals surface area contributed by atoms with Gasteiger partial charge in [0.15, 0.2) is 0 Å². The van der Waals surface area contributed by atoms with Crippen LogP contribution in [0.25, 0.3) is 0 Å². The number of carbonyl (C=O) groups is 1. The van der Waals surface area contributed by atoms with Gasteiger partial charge in [-0.2, -0.15) is 0 Å². The normalized spacial score (nSPS) is 13.0. The van der Waals surface area contributed by atoms with Crippen molar-refractivity contribution in [1.29, 1.82) is 0 Å². The van der Waals surface area contributed by atoms with Gasteiger partial charge in [0, 0.05) is 30.2 Å². The summed E-state index contributed by atoms with van der Waals surface area (Å²) in [5.41, 5.74) is 0. The molecule has 1 rings (SSSR count). The lowest BCUT2D eigenvalue weighted by molar-refractivity contribution is -0.137. The smallest absolute Gasteiger partial charge is 0.303 e. The van der Waals surface area contributed by atoms with E-state index in [1.165, 1.54) is 34.5 Å². The Morgan fingerprint density at radius 1 is 1.11 bits per heavy atom. The zero-order chi connectivity index (χ0) is 21.0. The van der Waals surface area contributed by atoms with E-state index in [0.717, 1.165) is 17.7 Å². The molecule has 1 atom stereocenters. The Kier molecular flexibility index (Phi) is 11.7. The van der Waals surface area contributed by atoms with Gasteiger partial charge in [0.1, 0.15) is 5.82 Å². The number of unbranched alkanes of at least 4 members (excludes halogenated alkanes) is 3. The third kappa shape index (κ3) is 11.6. The molecule has 0 saturated heterocycles. The van der Waals surface area contributed by atoms with E-state index in [-0.39, 0.29) is 12.2 Å². The van der Waals surface area contributed by atoms with Crippen LogP contribution >= 0.6 is 11.8 Å². The van der Waals surface area contributed by atoms with E-state index in [4.69, 9.17) is 5.11 Å². The van der Waals surface area contributed by atoms with Gasteiger partial charge >= 0.3 is 5.97 Å². The van der Waals surface area contributed by atoms with Crippen molar-refractivity contribution >= 4 is 27.8 Å². The average molecular weight is 436 g/mol. The Balaban J connectivity index is 2.26. The molecule has 1 unspecified atom stereocenters. The molecule has 0 saturated carbocycles. The van der Waals surface area contributed by atoms with Crippen LogP contribution in [-0.4, -0.2) is 60.1 Å². The molecule has 0 bridgehead atoms. The van der Waals surface area contributed by atoms with Crippen molar-refractivity contribution in [3.8, 4) is 0 Å². The summed E-state index contributed by atoms with van der Waals surface area (Å²) < 4.78 is 38.1. The number of benzene rings is 1. The van der Waals surface area contributed by atoms with E-state index in [2.05, 4.69) is 0 Å². The molecule has 0 aromatic heterocycles. The number of carboxylic acids is 1. The fourth-order valence-corrected chi connectivity index (χ4v) is 4.47. The maximum Gasteiger partial charge on any atom is 0.303 e. The predicted molar refractivity (Wildman–Crippen MR) is 110 cm³/mol. The molecule has 1 aromatic carbocycles. The molecule has 0 aliphatic rings. The van der Waals surface area contributed by atoms with Gasteiger partial charge in [-0.3, -0.25) is 4.79 Å². The van der Waals surface area contributed by atoms with E-state index in [9.17, 15) is 22.7 Å². The first kappa shape index (κ1) is 24.9. The van der Waals surface area contributed by atoms with Gasteiger partial charge in [-0.25, -0.2) is 17.1 Å². The van der Waals surface area contributed by atoms with Crippen LogP contribution in [0, 0.1) is 5.82 Å². The minimum absolute atomic E-state index is 0.142. The molecule has 0 aliphatic heterocycles. The first-order chi connectivity index (χ1) is 13.2. The highest BCUT2D eigenvalue weighted by atomic mass is 32.2. The molecule has 160 valence electrons. The van der Waals surface area contributed by atoms with E-state index in [1.54, 1.807) is 12.1 Å². The van der Waals surface area contributed by atoms with Crippen LogP contribution in [0.15, 0.2) is 29.2 Å². The number of aliphatic carboxylic acids is 1. The number of aliphatic hydroxyl groups is 1. The Bertz CT molecular complexity index is 682. The highest BCUT2D eigenvalue weighted by Gasteiger charge is 2.16. The second-order valence-corrected chi connectivity index (χ2v) is 9.86. The zero-order valence-electron chi connectivity index (χ0n) is 16.2. The molecular weight excluding hydrogens is 405 g/mol. The predicted octanol–water partition coefficient (Wildman–Crippen LogP) is 3.36. The third-order valence-electron chi connectivity index (χ3n) is 4.22. The lowest BCUT2D eigenvalue weighted by Crippen LogP contribution is -2.32. The van der Waals surface area contributed by atoms with Crippen molar-refractivity contribution < 1.29 is 27.8 Å². The van der Waals surface area contributed by atoms with E-state index in [1.807, 2.05) is 0 Å². The lowest BCUT2D eigenvalue weighted by atomic mass is 10.1. The topological polar surface area (TPSA) is 94.9 Å². The first-order valence-corrected chi connectivity index (χ1v) is 12.2. The summed E-state index contributed by atoms with van der Waals surface area (Å²) in [7, 11) is -3.31. The standard InChI is InChI=1S/C19H30FNO5S2/c1-28(25,26)21(13-5-3-2-4-8-19(23)24)14-6-7-17(22)15-27-18-11-9-16(20)10-12-18/h9-12,17,22H,2-8,13-15H2,1H3,(H,23,24). The number of hydrogen-bond donors (Lipinski definition) is 2. The Morgan fingerprint density at radius 2 is 1.71 bits per heavy atom. The number of thioether (sulfide) groups is 1. The van der Waals surface area contributed by atoms with E-state index in [0.29, 0.717) is 44.5 Å². The molecule has 0 radical (unpaired) electrons. The van der Waals surface area contributed by atoms with Crippen molar-refractivity contribution in [2.24, 2.45) is 0 Å². The molecular formula is C19H30FNO5S2. The second kappa shape index (κ2) is 13.1. The summed E-state index contributed by atoms with van der Waals surface area (Å²) in [6.45, 7) is 0.762. The fraction of sp³-hybridized carbons (Fsp3) is 0.632. The van der Waals surface area contributed by atoms with Gasteiger partial charge < -0.3 is 10.2 Å². The SMILES string of the molecule is CS(=O)(=O)N(CCCCCCC(=O)O)CCCC(O)CSc1ccc(F)cc1. The number of sulfonamides is 1. The second-order valence-electron chi connectivity index (χ2n) is 6.78. The molecule has 1 aromatic rings. The van der Waals surface area contributed by atoms with Gasteiger partial charge in [-0.1, -0.05) is 12.8 Å². The summed E-state index contributed by atoms with van der Waals surface area (Å²) >= 11 is 1.43. The summed E-state index contributed by atoms with van der Waals surface area (Å²) in [5, 5.41) is 18.7. The third-order valence-corrected chi connectivity index (χ3v) is 6.68. The maximum atomic E-state index is 12.9. The van der Waals surface area contributed by atoms with Crippen molar-refractivity contribution in [2.45, 2.75) is 55.9 Å². The van der Waals surface area contributed by atoms with Gasteiger partial charge in [-0.05, 0) is 49.9 Å². The molecule has 2 N–H and O–H groups in total. The Hall–Kier alpha value is -1.16. The number of nitrogens with zero attached hydrogens (tertiary/aromatic N) is 1. The highest BCUT2D eigenvalue weighted by Crippen LogP contribution is 2.20. The van der Waals surface area contributed by atoms with Crippen molar-refractivity contribution in [1.82, 2.24) is 4.31 Å². The van der Waals surface area contributed by atoms with Gasteiger partial charge in [0.05, 0.1) is 12.4 Å². The van der Waals surface area contributed by atoms with Gasteiger partial charge in [0.25, 0.3) is 0 Å². The van der Waals surface area contributed by atoms with Crippen LogP contribution in [-0.2, 0) is 14.8 Å². The molecule has 6 nitrogen and oxygen atoms in total. The van der Waals surface area contributed by atoms with Gasteiger partial charge in [0.2, 0.25) is 10.0 Å². The summed E-state index contributed by atoms with van der Waals surface area (Å²) in [6, 6.07) is 6.07. The van der Waals surface area contributed by atoms with Gasteiger partial charge in [-0.15, -0.1) is 11.8 Å². The molecule has 28 heavy (non-hydrogen) atoms. The fourth-order valence-electron chi connectivity index (χ4n) is 2.67. The molecule has 0 fully saturated rings. The number of rotatable bonds is 15. The number of carboxylic acid groups (broad SMARTS) is 1. The minimum atomic E-state index is -3.31. The van der Waals surface area contributed by atoms with Crippen LogP contribution in [0.1, 0.15) is 44.9 Å². The van der Waals surface area contributed by atoms with Crippen molar-refractivity contribution in [3.05, 3.63) is 30.1 Å². The number of hydrogen-bond acceptors (Lipinski definition) is 5. The molecule has 0 heterocycles. The Morgan fingerprint density at radius 3 is 2.32 bits per heavy atom. The lowest BCUT2D eigenvalue weighted by Gasteiger charge is -2.20. The summed E-state index contributed by atoms with van der Waals surface area (Å²) in [5.74, 6) is -0.643. The maximum absolute atomic E-state index is 12.9. The van der Waals surface area contributed by atoms with Crippen LogP contribution < -0.4 is 0 Å². The molecule has 0 aliphatic carbocycles. The molecule has 0 spiro atoms. The van der Waals surface area contributed by atoms with E-state index < -0.39 is 22.1 Å². The quantitative estimate of drug-likeness (QED) is 0.324. The average Bonchev–Trinajstić information content (AvgIpc) is 2.61. The summed E-state index contributed by atoms with van der Waals surface area (Å²) in [4.78, 5) is 11.3. The minimum Gasteiger partial charge on any atom is -0.481 e. The van der Waals surface area contributed by atoms with Crippen LogP contribution in [0.2, 0.25) is 0 Å². The van der Waals surface area contributed by atoms with Crippen LogP contribution in [0.4, 0.5) is 4.39 Å². The highest BCUT2D eigenvalue weighted by molar-refractivity contribution is 7.99. The summed E-state index contributed by atoms with van der Waals surface area (Å²) in [6.07, 6.45) is 4.64. The Labute approximate surface area is 171 Å². The van der Waals surface area contributed by atoms with Crippen LogP contribution in [0.5, 0.6) is 0 Å². The number of aliphatic hydroxyl groups excluding tert-OH is 1. The zero-order valence-corrected chi connectivity index (χ0v) is 17.9. The first-order valence-electron chi connectivity index (χ1n) is 9.42. The monoisotopic (exact) mass is 435 g/mol. The molecule has 9 heteroatoms. The van der Waals surface area contributed by atoms with E-state index >= 15 is 0 Å². The van der Waals surface area contributed by atoms with Crippen molar-refractivity contribution in [2.75, 3.05) is 25.1 Å².